The zero-order chi connectivity index (χ0) is 32.7. The average molecular weight is 685 g/mol. The van der Waals surface area contributed by atoms with Crippen LogP contribution in [0.15, 0.2) is 12.2 Å². The summed E-state index contributed by atoms with van der Waals surface area (Å²) >= 11 is 3.34. The Morgan fingerprint density at radius 2 is 1.96 bits per heavy atom. The highest BCUT2D eigenvalue weighted by atomic mass is 32.3. The van der Waals surface area contributed by atoms with Crippen LogP contribution in [0.25, 0.3) is 0 Å². The first-order chi connectivity index (χ1) is 21.3. The molecular formula is C27H44N2O14S2. The largest absolute Gasteiger partial charge is 0.481 e. The van der Waals surface area contributed by atoms with E-state index in [9.17, 15) is 33.1 Å². The van der Waals surface area contributed by atoms with Crippen LogP contribution in [0.4, 0.5) is 0 Å². The van der Waals surface area contributed by atoms with E-state index in [2.05, 4.69) is 46.1 Å². The molecule has 258 valence electrons. The smallest absolute Gasteiger partial charge is 0.397 e. The maximum atomic E-state index is 12.7. The van der Waals surface area contributed by atoms with Gasteiger partial charge in [-0.3, -0.25) is 9.35 Å². The van der Waals surface area contributed by atoms with E-state index < -0.39 is 70.6 Å². The Hall–Kier alpha value is -0.970. The van der Waals surface area contributed by atoms with E-state index in [1.165, 1.54) is 0 Å². The molecule has 1 saturated heterocycles. The lowest BCUT2D eigenvalue weighted by atomic mass is 9.43. The van der Waals surface area contributed by atoms with Crippen LogP contribution in [0, 0.1) is 34.5 Å². The molecule has 1 spiro atoms. The summed E-state index contributed by atoms with van der Waals surface area (Å²) in [6.07, 6.45) is -4.85. The fourth-order valence-electron chi connectivity index (χ4n) is 9.48. The number of hydrogen-bond donors (Lipinski definition) is 7. The summed E-state index contributed by atoms with van der Waals surface area (Å²) in [5.41, 5.74) is 5.53. The fourth-order valence-corrected chi connectivity index (χ4v) is 10.0. The summed E-state index contributed by atoms with van der Waals surface area (Å²) in [4.78, 5) is 17.7. The predicted octanol–water partition coefficient (Wildman–Crippen LogP) is 0.463. The topological polar surface area (TPSA) is 235 Å². The molecule has 5 aliphatic rings. The standard InChI is InChI=1S/C27H44N2O14S2/c1-13-14-3-4-19-26(2)11-15(9-16(24(32)33)17(26)5-6-27(19,10-14)23(13)31)37-25-20(30)22(40-45(34,35)36)21(39-41-42-43-44)18(38-25)12-29-8-7-28/h14-23,25,29-31,44H,1,3-12,28H2,2H3,(H,32,33)(H,34,35,36)/t14?,15?,16?,17?,18-,19?,20?,21+,22+,23-,25+,26?,27?/m0/s1. The van der Waals surface area contributed by atoms with Gasteiger partial charge in [-0.05, 0) is 83.8 Å². The Bertz CT molecular complexity index is 1200. The minimum absolute atomic E-state index is 0.0208. The van der Waals surface area contributed by atoms with Gasteiger partial charge in [-0.2, -0.15) is 13.3 Å². The molecule has 16 nitrogen and oxygen atoms in total. The second-order valence-corrected chi connectivity index (χ2v) is 14.5. The second kappa shape index (κ2) is 13.9. The molecular weight excluding hydrogens is 640 g/mol. The lowest BCUT2D eigenvalue weighted by Crippen LogP contribution is -2.64. The summed E-state index contributed by atoms with van der Waals surface area (Å²) in [5.74, 6) is -1.61. The first-order valence-electron chi connectivity index (χ1n) is 15.2. The first-order valence-corrected chi connectivity index (χ1v) is 16.9. The van der Waals surface area contributed by atoms with Crippen molar-refractivity contribution >= 4 is 29.3 Å². The number of nitrogens with one attached hydrogen (secondary N) is 1. The van der Waals surface area contributed by atoms with Crippen molar-refractivity contribution in [2.75, 3.05) is 19.6 Å². The summed E-state index contributed by atoms with van der Waals surface area (Å²) in [7, 11) is -5.14. The Labute approximate surface area is 267 Å². The van der Waals surface area contributed by atoms with Gasteiger partial charge in [-0.15, -0.1) is 4.33 Å². The molecule has 5 fully saturated rings. The van der Waals surface area contributed by atoms with Gasteiger partial charge in [0.05, 0.1) is 18.1 Å². The third-order valence-corrected chi connectivity index (χ3v) is 11.7. The van der Waals surface area contributed by atoms with E-state index in [1.54, 1.807) is 0 Å². The Balaban J connectivity index is 1.42. The molecule has 4 aliphatic carbocycles. The maximum Gasteiger partial charge on any atom is 0.397 e. The molecule has 7 N–H and O–H groups in total. The molecule has 4 saturated carbocycles. The number of aliphatic carboxylic acids is 1. The zero-order valence-electron chi connectivity index (χ0n) is 24.9. The van der Waals surface area contributed by atoms with Gasteiger partial charge < -0.3 is 35.8 Å². The number of carboxylic acids is 1. The number of aliphatic hydroxyl groups excluding tert-OH is 2. The highest BCUT2D eigenvalue weighted by molar-refractivity contribution is 7.80. The number of thiol groups is 1. The van der Waals surface area contributed by atoms with Crippen molar-refractivity contribution in [2.45, 2.75) is 94.8 Å². The maximum absolute atomic E-state index is 12.7. The molecule has 0 radical (unpaired) electrons. The van der Waals surface area contributed by atoms with Gasteiger partial charge >= 0.3 is 16.4 Å². The third-order valence-electron chi connectivity index (χ3n) is 11.1. The SMILES string of the molecule is C=C1C2CCC3C4(C)CC(O[C@@H]5O[C@@H](CNCCN)[C@@H](OOOOS)[C@H](OS(=O)(=O)O)C5O)CC(C(=O)O)C4CCC3(C2)[C@H]1O. The van der Waals surface area contributed by atoms with Crippen LogP contribution < -0.4 is 11.1 Å². The molecule has 0 aromatic carbocycles. The summed E-state index contributed by atoms with van der Waals surface area (Å²) < 4.78 is 54.3. The average Bonchev–Trinajstić information content (AvgIpc) is 3.14. The second-order valence-electron chi connectivity index (χ2n) is 13.3. The van der Waals surface area contributed by atoms with Gasteiger partial charge in [0.15, 0.2) is 12.4 Å². The van der Waals surface area contributed by atoms with Crippen molar-refractivity contribution in [3.8, 4) is 0 Å². The van der Waals surface area contributed by atoms with Crippen molar-refractivity contribution in [1.29, 1.82) is 0 Å². The van der Waals surface area contributed by atoms with Crippen molar-refractivity contribution in [3.63, 3.8) is 0 Å². The Morgan fingerprint density at radius 1 is 1.20 bits per heavy atom. The Morgan fingerprint density at radius 3 is 2.62 bits per heavy atom. The molecule has 18 heteroatoms. The van der Waals surface area contributed by atoms with Crippen LogP contribution in [0.5, 0.6) is 0 Å². The van der Waals surface area contributed by atoms with Gasteiger partial charge in [-0.1, -0.05) is 13.5 Å². The molecule has 13 atom stereocenters. The number of rotatable bonds is 13. The van der Waals surface area contributed by atoms with Gasteiger partial charge in [0.2, 0.25) is 0 Å². The molecule has 1 heterocycles. The van der Waals surface area contributed by atoms with Crippen LogP contribution in [-0.4, -0.2) is 96.8 Å². The fraction of sp³-hybridized carbons (Fsp3) is 0.889. The van der Waals surface area contributed by atoms with Gasteiger partial charge in [0.1, 0.15) is 18.3 Å². The molecule has 0 amide bonds. The third kappa shape index (κ3) is 6.82. The van der Waals surface area contributed by atoms with Crippen LogP contribution in [-0.2, 0) is 48.1 Å². The molecule has 0 aromatic rings. The quantitative estimate of drug-likeness (QED) is 0.0204. The van der Waals surface area contributed by atoms with Gasteiger partial charge in [0.25, 0.3) is 0 Å². The van der Waals surface area contributed by atoms with Crippen molar-refractivity contribution in [3.05, 3.63) is 12.2 Å². The van der Waals surface area contributed by atoms with Crippen LogP contribution >= 0.6 is 12.9 Å². The number of hydrogen-bond acceptors (Lipinski definition) is 15. The molecule has 5 rings (SSSR count). The number of carbonyl (C=O) groups is 1. The van der Waals surface area contributed by atoms with Crippen LogP contribution in [0.2, 0.25) is 0 Å². The number of fused-ring (bicyclic) bond motifs is 3. The van der Waals surface area contributed by atoms with Crippen molar-refractivity contribution < 1.29 is 66.0 Å². The predicted molar refractivity (Wildman–Crippen MR) is 155 cm³/mol. The van der Waals surface area contributed by atoms with E-state index >= 15 is 0 Å². The first kappa shape index (κ1) is 35.3. The highest BCUT2D eigenvalue weighted by Crippen LogP contribution is 2.70. The lowest BCUT2D eigenvalue weighted by molar-refractivity contribution is -0.620. The highest BCUT2D eigenvalue weighted by Gasteiger charge is 2.67. The van der Waals surface area contributed by atoms with E-state index in [0.717, 1.165) is 31.3 Å². The minimum atomic E-state index is -5.14. The van der Waals surface area contributed by atoms with Crippen LogP contribution in [0.3, 0.4) is 0 Å². The molecule has 2 bridgehead atoms. The Kier molecular flexibility index (Phi) is 10.9. The number of aliphatic hydroxyl groups is 2. The van der Waals surface area contributed by atoms with E-state index in [-0.39, 0.29) is 42.7 Å². The number of ether oxygens (including phenoxy) is 2. The molecule has 1 aliphatic heterocycles. The monoisotopic (exact) mass is 684 g/mol. The molecule has 8 unspecified atom stereocenters. The van der Waals surface area contributed by atoms with E-state index in [1.807, 2.05) is 0 Å². The lowest BCUT2D eigenvalue weighted by Gasteiger charge is -2.62. The number of nitrogens with two attached hydrogens (primary N) is 1. The normalized spacial score (nSPS) is 44.8. The van der Waals surface area contributed by atoms with Crippen LogP contribution in [0.1, 0.15) is 51.9 Å². The van der Waals surface area contributed by atoms with Crippen molar-refractivity contribution in [1.82, 2.24) is 5.32 Å². The molecule has 0 aromatic heterocycles. The van der Waals surface area contributed by atoms with Gasteiger partial charge in [0, 0.05) is 38.0 Å². The van der Waals surface area contributed by atoms with E-state index in [4.69, 9.17) is 24.3 Å². The minimum Gasteiger partial charge on any atom is -0.481 e. The summed E-state index contributed by atoms with van der Waals surface area (Å²) in [6.45, 7) is 6.82. The van der Waals surface area contributed by atoms with Gasteiger partial charge in [-0.25, -0.2) is 4.18 Å². The van der Waals surface area contributed by atoms with E-state index in [0.29, 0.717) is 19.4 Å². The molecule has 45 heavy (non-hydrogen) atoms. The zero-order valence-corrected chi connectivity index (χ0v) is 26.6. The number of carboxylic acid groups (broad SMARTS) is 1. The summed E-state index contributed by atoms with van der Waals surface area (Å²) in [6, 6.07) is 0. The summed E-state index contributed by atoms with van der Waals surface area (Å²) in [5, 5.41) is 44.6. The van der Waals surface area contributed by atoms with Crippen molar-refractivity contribution in [2.24, 2.45) is 40.2 Å².